The molecule has 2 fully saturated rings. The number of carbonyl (C=O) groups is 1. The molecule has 0 N–H and O–H groups in total. The normalized spacial score (nSPS) is 29.8. The maximum absolute atomic E-state index is 12.4. The molecule has 0 heterocycles. The van der Waals surface area contributed by atoms with Crippen LogP contribution in [0.4, 0.5) is 5.69 Å². The van der Waals surface area contributed by atoms with Gasteiger partial charge in [-0.2, -0.15) is 0 Å². The number of non-ortho nitro benzene ring substituents is 1. The van der Waals surface area contributed by atoms with E-state index >= 15 is 0 Å². The minimum atomic E-state index is -0.391. The average Bonchev–Trinajstić information content (AvgIpc) is 2.80. The number of rotatable bonds is 4. The van der Waals surface area contributed by atoms with Crippen molar-refractivity contribution in [2.75, 3.05) is 5.75 Å². The van der Waals surface area contributed by atoms with Crippen molar-refractivity contribution in [2.24, 2.45) is 16.7 Å². The summed E-state index contributed by atoms with van der Waals surface area (Å²) in [6, 6.07) is 6.61. The summed E-state index contributed by atoms with van der Waals surface area (Å²) < 4.78 is 0. The summed E-state index contributed by atoms with van der Waals surface area (Å²) in [5.74, 6) is 1.73. The first kappa shape index (κ1) is 14.6. The van der Waals surface area contributed by atoms with Crippen molar-refractivity contribution in [1.82, 2.24) is 0 Å². The Kier molecular flexibility index (Phi) is 3.35. The van der Waals surface area contributed by atoms with E-state index in [1.54, 1.807) is 23.9 Å². The van der Waals surface area contributed by atoms with Crippen molar-refractivity contribution < 1.29 is 9.72 Å². The highest BCUT2D eigenvalue weighted by molar-refractivity contribution is 7.99. The number of ketones is 1. The van der Waals surface area contributed by atoms with Crippen LogP contribution < -0.4 is 0 Å². The maximum atomic E-state index is 12.4. The lowest BCUT2D eigenvalue weighted by Crippen LogP contribution is -2.38. The fourth-order valence-electron chi connectivity index (χ4n) is 3.98. The van der Waals surface area contributed by atoms with Gasteiger partial charge in [-0.05, 0) is 36.3 Å². The Morgan fingerprint density at radius 1 is 1.33 bits per heavy atom. The van der Waals surface area contributed by atoms with Crippen molar-refractivity contribution in [3.63, 3.8) is 0 Å². The van der Waals surface area contributed by atoms with Gasteiger partial charge in [0.15, 0.2) is 0 Å². The molecule has 112 valence electrons. The van der Waals surface area contributed by atoms with Gasteiger partial charge < -0.3 is 0 Å². The van der Waals surface area contributed by atoms with E-state index in [4.69, 9.17) is 0 Å². The molecule has 0 unspecified atom stereocenters. The van der Waals surface area contributed by atoms with Crippen molar-refractivity contribution >= 4 is 23.2 Å². The first-order chi connectivity index (χ1) is 9.87. The largest absolute Gasteiger partial charge is 0.299 e. The van der Waals surface area contributed by atoms with E-state index in [9.17, 15) is 14.9 Å². The number of hydrogen-bond acceptors (Lipinski definition) is 4. The van der Waals surface area contributed by atoms with Gasteiger partial charge in [0.1, 0.15) is 5.78 Å². The molecule has 2 saturated carbocycles. The lowest BCUT2D eigenvalue weighted by Gasteiger charge is -2.36. The number of hydrogen-bond donors (Lipinski definition) is 0. The number of nitrogens with zero attached hydrogens (tertiary/aromatic N) is 1. The minimum Gasteiger partial charge on any atom is -0.299 e. The molecule has 2 aliphatic rings. The second kappa shape index (κ2) is 4.83. The molecule has 1 aromatic carbocycles. The monoisotopic (exact) mass is 305 g/mol. The summed E-state index contributed by atoms with van der Waals surface area (Å²) in [6.07, 6.45) is 2.87. The third kappa shape index (κ3) is 2.09. The summed E-state index contributed by atoms with van der Waals surface area (Å²) in [4.78, 5) is 23.7. The highest BCUT2D eigenvalue weighted by Crippen LogP contribution is 2.65. The van der Waals surface area contributed by atoms with Gasteiger partial charge in [-0.15, -0.1) is 11.8 Å². The van der Waals surface area contributed by atoms with Crippen LogP contribution in [0.25, 0.3) is 0 Å². The standard InChI is InChI=1S/C16H19NO3S/c1-15(2)11-7-8-16(15,14(18)9-11)10-21-13-5-3-12(4-6-13)17(19)20/h3-6,11H,7-10H2,1-2H3/t11-,16+/m1/s1. The van der Waals surface area contributed by atoms with Crippen LogP contribution in [0.3, 0.4) is 0 Å². The molecule has 5 heteroatoms. The Morgan fingerprint density at radius 2 is 2.00 bits per heavy atom. The molecular weight excluding hydrogens is 286 g/mol. The first-order valence-electron chi connectivity index (χ1n) is 7.27. The number of Topliss-reactive ketones (excluding diaryl/α,β-unsaturated/α-hetero) is 1. The van der Waals surface area contributed by atoms with E-state index in [1.165, 1.54) is 12.1 Å². The van der Waals surface area contributed by atoms with Crippen molar-refractivity contribution in [3.05, 3.63) is 34.4 Å². The number of nitro benzene ring substituents is 1. The lowest BCUT2D eigenvalue weighted by molar-refractivity contribution is -0.384. The highest BCUT2D eigenvalue weighted by atomic mass is 32.2. The van der Waals surface area contributed by atoms with Gasteiger partial charge >= 0.3 is 0 Å². The van der Waals surface area contributed by atoms with E-state index in [1.807, 2.05) is 0 Å². The predicted octanol–water partition coefficient (Wildman–Crippen LogP) is 4.08. The van der Waals surface area contributed by atoms with Gasteiger partial charge in [0.2, 0.25) is 0 Å². The molecule has 0 radical (unpaired) electrons. The number of nitro groups is 1. The SMILES string of the molecule is CC1(C)[C@@H]2CC[C@]1(CSc1ccc([N+](=O)[O-])cc1)C(=O)C2. The van der Waals surface area contributed by atoms with Crippen LogP contribution in [0.15, 0.2) is 29.2 Å². The minimum absolute atomic E-state index is 0.0812. The quantitative estimate of drug-likeness (QED) is 0.478. The number of fused-ring (bicyclic) bond motifs is 2. The lowest BCUT2D eigenvalue weighted by atomic mass is 9.70. The molecule has 2 atom stereocenters. The zero-order valence-electron chi connectivity index (χ0n) is 12.3. The summed E-state index contributed by atoms with van der Waals surface area (Å²) in [5, 5.41) is 10.7. The van der Waals surface area contributed by atoms with Crippen LogP contribution >= 0.6 is 11.8 Å². The van der Waals surface area contributed by atoms with Crippen LogP contribution in [0.1, 0.15) is 33.1 Å². The Bertz CT molecular complexity index is 596. The Hall–Kier alpha value is -1.36. The van der Waals surface area contributed by atoms with Gasteiger partial charge in [0.25, 0.3) is 5.69 Å². The summed E-state index contributed by atoms with van der Waals surface area (Å²) >= 11 is 1.65. The van der Waals surface area contributed by atoms with Gasteiger partial charge in [0, 0.05) is 34.6 Å². The molecule has 0 aliphatic heterocycles. The van der Waals surface area contributed by atoms with E-state index < -0.39 is 4.92 Å². The van der Waals surface area contributed by atoms with Gasteiger partial charge in [-0.1, -0.05) is 13.8 Å². The molecule has 2 aliphatic carbocycles. The van der Waals surface area contributed by atoms with Crippen LogP contribution in [-0.4, -0.2) is 16.5 Å². The van der Waals surface area contributed by atoms with Crippen molar-refractivity contribution in [2.45, 2.75) is 38.0 Å². The van der Waals surface area contributed by atoms with Crippen LogP contribution in [0, 0.1) is 26.9 Å². The summed E-state index contributed by atoms with van der Waals surface area (Å²) in [5.41, 5.74) is -0.0159. The Labute approximate surface area is 128 Å². The summed E-state index contributed by atoms with van der Waals surface area (Å²) in [7, 11) is 0. The third-order valence-electron chi connectivity index (χ3n) is 5.67. The Morgan fingerprint density at radius 3 is 2.48 bits per heavy atom. The molecule has 0 amide bonds. The van der Waals surface area contributed by atoms with Gasteiger partial charge in [0.05, 0.1) is 4.92 Å². The molecule has 21 heavy (non-hydrogen) atoms. The number of thioether (sulfide) groups is 1. The van der Waals surface area contributed by atoms with E-state index in [-0.39, 0.29) is 16.5 Å². The smallest absolute Gasteiger partial charge is 0.269 e. The molecule has 4 nitrogen and oxygen atoms in total. The second-order valence-electron chi connectivity index (χ2n) is 6.71. The van der Waals surface area contributed by atoms with E-state index in [0.29, 0.717) is 11.7 Å². The van der Waals surface area contributed by atoms with E-state index in [2.05, 4.69) is 13.8 Å². The molecular formula is C16H19NO3S. The average molecular weight is 305 g/mol. The Balaban J connectivity index is 1.75. The van der Waals surface area contributed by atoms with Crippen LogP contribution in [0.2, 0.25) is 0 Å². The van der Waals surface area contributed by atoms with E-state index in [0.717, 1.165) is 29.9 Å². The number of carbonyl (C=O) groups excluding carboxylic acids is 1. The van der Waals surface area contributed by atoms with Crippen molar-refractivity contribution in [1.29, 1.82) is 0 Å². The molecule has 3 rings (SSSR count). The van der Waals surface area contributed by atoms with Crippen LogP contribution in [-0.2, 0) is 4.79 Å². The molecule has 0 aromatic heterocycles. The number of benzene rings is 1. The molecule has 0 spiro atoms. The van der Waals surface area contributed by atoms with Crippen molar-refractivity contribution in [3.8, 4) is 0 Å². The first-order valence-corrected chi connectivity index (χ1v) is 8.26. The maximum Gasteiger partial charge on any atom is 0.269 e. The van der Waals surface area contributed by atoms with Gasteiger partial charge in [-0.3, -0.25) is 14.9 Å². The summed E-state index contributed by atoms with van der Waals surface area (Å²) in [6.45, 7) is 4.46. The highest BCUT2D eigenvalue weighted by Gasteiger charge is 2.63. The molecule has 0 saturated heterocycles. The zero-order chi connectivity index (χ0) is 15.3. The van der Waals surface area contributed by atoms with Gasteiger partial charge in [-0.25, -0.2) is 0 Å². The molecule has 2 bridgehead atoms. The second-order valence-corrected chi connectivity index (χ2v) is 7.76. The third-order valence-corrected chi connectivity index (χ3v) is 6.91. The topological polar surface area (TPSA) is 60.2 Å². The zero-order valence-corrected chi connectivity index (χ0v) is 13.1. The predicted molar refractivity (Wildman–Crippen MR) is 82.4 cm³/mol. The fraction of sp³-hybridized carbons (Fsp3) is 0.562. The molecule has 1 aromatic rings. The van der Waals surface area contributed by atoms with Crippen LogP contribution in [0.5, 0.6) is 0 Å². The fourth-order valence-corrected chi connectivity index (χ4v) is 5.40.